The quantitative estimate of drug-likeness (QED) is 0.838. The lowest BCUT2D eigenvalue weighted by atomic mass is 10.0. The molecule has 1 fully saturated rings. The number of hydrogen-bond donors (Lipinski definition) is 0. The van der Waals surface area contributed by atoms with Crippen LogP contribution in [0.15, 0.2) is 29.2 Å². The Bertz CT molecular complexity index is 699. The van der Waals surface area contributed by atoms with Gasteiger partial charge < -0.3 is 0 Å². The molecular formula is C13H12N2O3S. The minimum absolute atomic E-state index is 0.0766. The molecule has 1 amide bonds. The molecule has 3 rings (SSSR count). The van der Waals surface area contributed by atoms with E-state index in [1.807, 2.05) is 0 Å². The predicted octanol–water partition coefficient (Wildman–Crippen LogP) is 1.52. The number of fused-ring (bicyclic) bond motifs is 1. The molecule has 0 saturated heterocycles. The molecule has 6 heteroatoms. The third kappa shape index (κ3) is 1.73. The first-order valence-corrected chi connectivity index (χ1v) is 7.47. The highest BCUT2D eigenvalue weighted by atomic mass is 32.2. The smallest absolute Gasteiger partial charge is 0.268 e. The number of nitrogens with zero attached hydrogens (tertiary/aromatic N) is 2. The van der Waals surface area contributed by atoms with E-state index in [-0.39, 0.29) is 22.4 Å². The Balaban J connectivity index is 1.98. The van der Waals surface area contributed by atoms with Crippen LogP contribution in [0.3, 0.4) is 0 Å². The van der Waals surface area contributed by atoms with Crippen molar-refractivity contribution in [1.29, 1.82) is 5.26 Å². The van der Waals surface area contributed by atoms with Crippen LogP contribution in [-0.2, 0) is 10.0 Å². The SMILES string of the molecule is N#CCC1(CN2C(=O)c3ccccc3S2(=O)=O)CC1. The predicted molar refractivity (Wildman–Crippen MR) is 66.6 cm³/mol. The summed E-state index contributed by atoms with van der Waals surface area (Å²) in [7, 11) is -3.73. The van der Waals surface area contributed by atoms with Gasteiger partial charge >= 0.3 is 0 Å². The number of nitriles is 1. The molecule has 0 atom stereocenters. The molecule has 1 heterocycles. The van der Waals surface area contributed by atoms with Gasteiger partial charge in [0.2, 0.25) is 0 Å². The lowest BCUT2D eigenvalue weighted by Crippen LogP contribution is -2.35. The van der Waals surface area contributed by atoms with E-state index < -0.39 is 15.9 Å². The van der Waals surface area contributed by atoms with Gasteiger partial charge in [0.05, 0.1) is 11.6 Å². The van der Waals surface area contributed by atoms with E-state index in [1.54, 1.807) is 12.1 Å². The minimum Gasteiger partial charge on any atom is -0.268 e. The van der Waals surface area contributed by atoms with Crippen molar-refractivity contribution in [2.24, 2.45) is 5.41 Å². The molecule has 1 aliphatic heterocycles. The maximum Gasteiger partial charge on any atom is 0.269 e. The molecule has 1 aromatic rings. The van der Waals surface area contributed by atoms with Gasteiger partial charge in [-0.3, -0.25) is 4.79 Å². The Kier molecular flexibility index (Phi) is 2.44. The van der Waals surface area contributed by atoms with Gasteiger partial charge in [0.25, 0.3) is 15.9 Å². The lowest BCUT2D eigenvalue weighted by molar-refractivity contribution is 0.0852. The van der Waals surface area contributed by atoms with Crippen LogP contribution in [0.2, 0.25) is 0 Å². The topological polar surface area (TPSA) is 78.2 Å². The highest BCUT2D eigenvalue weighted by Gasteiger charge is 2.50. The summed E-state index contributed by atoms with van der Waals surface area (Å²) in [5, 5.41) is 8.78. The van der Waals surface area contributed by atoms with Crippen LogP contribution in [0.4, 0.5) is 0 Å². The fourth-order valence-electron chi connectivity index (χ4n) is 2.43. The molecule has 0 unspecified atom stereocenters. The number of amides is 1. The molecule has 1 saturated carbocycles. The van der Waals surface area contributed by atoms with E-state index in [2.05, 4.69) is 6.07 Å². The van der Waals surface area contributed by atoms with Crippen LogP contribution >= 0.6 is 0 Å². The second-order valence-electron chi connectivity index (χ2n) is 5.15. The standard InChI is InChI=1S/C13H12N2O3S/c14-8-7-13(5-6-13)9-15-12(16)10-3-1-2-4-11(10)19(15,17)18/h1-4H,5-7,9H2. The molecular weight excluding hydrogens is 264 g/mol. The number of hydrogen-bond acceptors (Lipinski definition) is 4. The number of carbonyl (C=O) groups excluding carboxylic acids is 1. The minimum atomic E-state index is -3.73. The fourth-order valence-corrected chi connectivity index (χ4v) is 4.11. The van der Waals surface area contributed by atoms with E-state index in [0.29, 0.717) is 6.42 Å². The molecule has 0 N–H and O–H groups in total. The Hall–Kier alpha value is -1.87. The molecule has 98 valence electrons. The summed E-state index contributed by atoms with van der Waals surface area (Å²) in [6, 6.07) is 8.31. The Morgan fingerprint density at radius 1 is 1.32 bits per heavy atom. The monoisotopic (exact) mass is 276 g/mol. The zero-order valence-electron chi connectivity index (χ0n) is 10.2. The molecule has 0 bridgehead atoms. The zero-order chi connectivity index (χ0) is 13.7. The third-order valence-electron chi connectivity index (χ3n) is 3.80. The zero-order valence-corrected chi connectivity index (χ0v) is 11.0. The number of rotatable bonds is 3. The third-order valence-corrected chi connectivity index (χ3v) is 5.59. The van der Waals surface area contributed by atoms with E-state index >= 15 is 0 Å². The summed E-state index contributed by atoms with van der Waals surface area (Å²) >= 11 is 0. The molecule has 2 aliphatic rings. The van der Waals surface area contributed by atoms with Gasteiger partial charge in [0.1, 0.15) is 4.90 Å². The highest BCUT2D eigenvalue weighted by molar-refractivity contribution is 7.90. The highest BCUT2D eigenvalue weighted by Crippen LogP contribution is 2.50. The van der Waals surface area contributed by atoms with E-state index in [9.17, 15) is 13.2 Å². The normalized spacial score (nSPS) is 21.8. The molecule has 0 aromatic heterocycles. The van der Waals surface area contributed by atoms with Crippen LogP contribution in [0, 0.1) is 16.7 Å². The van der Waals surface area contributed by atoms with Crippen LogP contribution in [0.1, 0.15) is 29.6 Å². The largest absolute Gasteiger partial charge is 0.269 e. The first kappa shape index (κ1) is 12.2. The Morgan fingerprint density at radius 2 is 2.00 bits per heavy atom. The van der Waals surface area contributed by atoms with E-state index in [0.717, 1.165) is 17.1 Å². The molecule has 19 heavy (non-hydrogen) atoms. The van der Waals surface area contributed by atoms with Crippen molar-refractivity contribution < 1.29 is 13.2 Å². The number of carbonyl (C=O) groups is 1. The second kappa shape index (κ2) is 3.81. The van der Waals surface area contributed by atoms with Gasteiger partial charge in [-0.2, -0.15) is 5.26 Å². The van der Waals surface area contributed by atoms with Crippen LogP contribution in [-0.4, -0.2) is 25.2 Å². The summed E-state index contributed by atoms with van der Waals surface area (Å²) in [6.07, 6.45) is 1.90. The average molecular weight is 276 g/mol. The summed E-state index contributed by atoms with van der Waals surface area (Å²) < 4.78 is 25.6. The fraction of sp³-hybridized carbons (Fsp3) is 0.385. The number of benzene rings is 1. The van der Waals surface area contributed by atoms with Crippen molar-refractivity contribution in [3.8, 4) is 6.07 Å². The summed E-state index contributed by atoms with van der Waals surface area (Å²) in [5.41, 5.74) is -0.0882. The molecule has 0 spiro atoms. The van der Waals surface area contributed by atoms with Gasteiger partial charge in [0.15, 0.2) is 0 Å². The van der Waals surface area contributed by atoms with Crippen molar-refractivity contribution >= 4 is 15.9 Å². The summed E-state index contributed by atoms with van der Waals surface area (Å²) in [6.45, 7) is 0.121. The van der Waals surface area contributed by atoms with Gasteiger partial charge in [0, 0.05) is 18.4 Å². The second-order valence-corrected chi connectivity index (χ2v) is 6.98. The van der Waals surface area contributed by atoms with Crippen LogP contribution in [0.25, 0.3) is 0 Å². The first-order valence-electron chi connectivity index (χ1n) is 6.03. The molecule has 5 nitrogen and oxygen atoms in total. The maximum absolute atomic E-state index is 12.3. The van der Waals surface area contributed by atoms with Crippen molar-refractivity contribution in [1.82, 2.24) is 4.31 Å². The van der Waals surface area contributed by atoms with Gasteiger partial charge in [-0.05, 0) is 25.0 Å². The first-order chi connectivity index (χ1) is 9.00. The Morgan fingerprint density at radius 3 is 2.58 bits per heavy atom. The van der Waals surface area contributed by atoms with Crippen molar-refractivity contribution in [2.45, 2.75) is 24.2 Å². The Labute approximate surface area is 111 Å². The molecule has 1 aliphatic carbocycles. The molecule has 0 radical (unpaired) electrons. The van der Waals surface area contributed by atoms with E-state index in [4.69, 9.17) is 5.26 Å². The van der Waals surface area contributed by atoms with Crippen LogP contribution in [0.5, 0.6) is 0 Å². The number of sulfonamides is 1. The van der Waals surface area contributed by atoms with Gasteiger partial charge in [-0.15, -0.1) is 0 Å². The summed E-state index contributed by atoms with van der Waals surface area (Å²) in [5.74, 6) is -0.472. The van der Waals surface area contributed by atoms with Gasteiger partial charge in [-0.1, -0.05) is 12.1 Å². The summed E-state index contributed by atoms with van der Waals surface area (Å²) in [4.78, 5) is 12.3. The maximum atomic E-state index is 12.3. The molecule has 1 aromatic carbocycles. The van der Waals surface area contributed by atoms with Gasteiger partial charge in [-0.25, -0.2) is 12.7 Å². The van der Waals surface area contributed by atoms with E-state index in [1.165, 1.54) is 12.1 Å². The van der Waals surface area contributed by atoms with Crippen molar-refractivity contribution in [2.75, 3.05) is 6.54 Å². The van der Waals surface area contributed by atoms with Crippen molar-refractivity contribution in [3.63, 3.8) is 0 Å². The average Bonchev–Trinajstić information content (AvgIpc) is 3.12. The van der Waals surface area contributed by atoms with Crippen molar-refractivity contribution in [3.05, 3.63) is 29.8 Å². The lowest BCUT2D eigenvalue weighted by Gasteiger charge is -2.20. The van der Waals surface area contributed by atoms with Crippen LogP contribution < -0.4 is 0 Å².